The summed E-state index contributed by atoms with van der Waals surface area (Å²) in [6.45, 7) is 8.49. The Morgan fingerprint density at radius 2 is 2.00 bits per heavy atom. The number of carbonyl (C=O) groups excluding carboxylic acids is 2. The SMILES string of the molecule is CC1CCCN(Cc2cccc(NC=C3C(=O)OC(C)(C)OC3=O)c2)C1. The highest BCUT2D eigenvalue weighted by molar-refractivity contribution is 6.15. The van der Waals surface area contributed by atoms with E-state index < -0.39 is 17.7 Å². The second-order valence-electron chi connectivity index (χ2n) is 7.56. The molecule has 1 atom stereocenters. The molecule has 0 spiro atoms. The summed E-state index contributed by atoms with van der Waals surface area (Å²) >= 11 is 0. The molecule has 0 saturated carbocycles. The first kappa shape index (κ1) is 18.5. The van der Waals surface area contributed by atoms with Gasteiger partial charge in [0.1, 0.15) is 0 Å². The monoisotopic (exact) mass is 358 g/mol. The number of ether oxygens (including phenoxy) is 2. The van der Waals surface area contributed by atoms with Gasteiger partial charge in [-0.2, -0.15) is 0 Å². The summed E-state index contributed by atoms with van der Waals surface area (Å²) < 4.78 is 10.2. The van der Waals surface area contributed by atoms with E-state index in [0.29, 0.717) is 0 Å². The molecule has 2 aliphatic heterocycles. The van der Waals surface area contributed by atoms with E-state index in [-0.39, 0.29) is 5.57 Å². The predicted molar refractivity (Wildman–Crippen MR) is 98.1 cm³/mol. The molecule has 1 aromatic rings. The zero-order chi connectivity index (χ0) is 18.7. The van der Waals surface area contributed by atoms with Gasteiger partial charge in [0.15, 0.2) is 5.57 Å². The zero-order valence-corrected chi connectivity index (χ0v) is 15.6. The highest BCUT2D eigenvalue weighted by atomic mass is 16.7. The number of piperidine rings is 1. The van der Waals surface area contributed by atoms with Crippen molar-refractivity contribution in [3.05, 3.63) is 41.6 Å². The van der Waals surface area contributed by atoms with E-state index >= 15 is 0 Å². The van der Waals surface area contributed by atoms with Crippen molar-refractivity contribution in [3.63, 3.8) is 0 Å². The van der Waals surface area contributed by atoms with Gasteiger partial charge in [-0.25, -0.2) is 9.59 Å². The van der Waals surface area contributed by atoms with Crippen LogP contribution in [0.15, 0.2) is 36.0 Å². The van der Waals surface area contributed by atoms with E-state index in [1.165, 1.54) is 38.5 Å². The molecule has 6 nitrogen and oxygen atoms in total. The maximum atomic E-state index is 12.0. The zero-order valence-electron chi connectivity index (χ0n) is 15.6. The van der Waals surface area contributed by atoms with Crippen LogP contribution < -0.4 is 5.32 Å². The highest BCUT2D eigenvalue weighted by Crippen LogP contribution is 2.23. The molecule has 140 valence electrons. The Balaban J connectivity index is 1.65. The van der Waals surface area contributed by atoms with Gasteiger partial charge >= 0.3 is 11.9 Å². The smallest absolute Gasteiger partial charge is 0.350 e. The number of esters is 2. The van der Waals surface area contributed by atoms with Crippen molar-refractivity contribution in [2.24, 2.45) is 5.92 Å². The topological polar surface area (TPSA) is 67.9 Å². The minimum absolute atomic E-state index is 0.139. The quantitative estimate of drug-likeness (QED) is 0.507. The van der Waals surface area contributed by atoms with Crippen LogP contribution in [-0.2, 0) is 25.6 Å². The van der Waals surface area contributed by atoms with Gasteiger partial charge in [-0.1, -0.05) is 19.1 Å². The van der Waals surface area contributed by atoms with Gasteiger partial charge in [-0.15, -0.1) is 0 Å². The van der Waals surface area contributed by atoms with Crippen LogP contribution in [0, 0.1) is 5.92 Å². The maximum absolute atomic E-state index is 12.0. The van der Waals surface area contributed by atoms with Gasteiger partial charge in [-0.05, 0) is 43.0 Å². The van der Waals surface area contributed by atoms with Crippen LogP contribution in [0.1, 0.15) is 39.2 Å². The van der Waals surface area contributed by atoms with E-state index in [9.17, 15) is 9.59 Å². The summed E-state index contributed by atoms with van der Waals surface area (Å²) in [7, 11) is 0. The summed E-state index contributed by atoms with van der Waals surface area (Å²) in [5.74, 6) is -1.85. The number of benzene rings is 1. The molecule has 0 radical (unpaired) electrons. The molecule has 0 aliphatic carbocycles. The number of likely N-dealkylation sites (tertiary alicyclic amines) is 1. The molecule has 3 rings (SSSR count). The molecule has 1 N–H and O–H groups in total. The normalized spacial score (nSPS) is 23.2. The Bertz CT molecular complexity index is 704. The van der Waals surface area contributed by atoms with Crippen molar-refractivity contribution in [1.82, 2.24) is 4.90 Å². The third kappa shape index (κ3) is 4.64. The molecule has 0 aromatic heterocycles. The van der Waals surface area contributed by atoms with Gasteiger partial charge in [0, 0.05) is 38.8 Å². The van der Waals surface area contributed by atoms with Gasteiger partial charge in [0.25, 0.3) is 5.79 Å². The van der Waals surface area contributed by atoms with E-state index in [2.05, 4.69) is 23.2 Å². The van der Waals surface area contributed by atoms with E-state index in [0.717, 1.165) is 31.2 Å². The van der Waals surface area contributed by atoms with Crippen molar-refractivity contribution in [1.29, 1.82) is 0 Å². The number of carbonyl (C=O) groups is 2. The Morgan fingerprint density at radius 1 is 1.27 bits per heavy atom. The van der Waals surface area contributed by atoms with Gasteiger partial charge < -0.3 is 14.8 Å². The van der Waals surface area contributed by atoms with Crippen molar-refractivity contribution < 1.29 is 19.1 Å². The number of rotatable bonds is 4. The lowest BCUT2D eigenvalue weighted by Gasteiger charge is -2.31. The molecule has 1 unspecified atom stereocenters. The largest absolute Gasteiger partial charge is 0.419 e. The average Bonchev–Trinajstić information content (AvgIpc) is 2.53. The fourth-order valence-electron chi connectivity index (χ4n) is 3.38. The average molecular weight is 358 g/mol. The van der Waals surface area contributed by atoms with Crippen molar-refractivity contribution in [3.8, 4) is 0 Å². The minimum atomic E-state index is -1.23. The van der Waals surface area contributed by atoms with Crippen LogP contribution in [0.4, 0.5) is 5.69 Å². The van der Waals surface area contributed by atoms with Crippen LogP contribution in [0.5, 0.6) is 0 Å². The van der Waals surface area contributed by atoms with Gasteiger partial charge in [0.2, 0.25) is 0 Å². The van der Waals surface area contributed by atoms with Crippen LogP contribution in [0.2, 0.25) is 0 Å². The molecule has 2 saturated heterocycles. The maximum Gasteiger partial charge on any atom is 0.350 e. The Morgan fingerprint density at radius 3 is 2.69 bits per heavy atom. The first-order valence-electron chi connectivity index (χ1n) is 9.07. The molecular formula is C20H26N2O4. The van der Waals surface area contributed by atoms with Crippen LogP contribution >= 0.6 is 0 Å². The number of hydrogen-bond donors (Lipinski definition) is 1. The third-order valence-electron chi connectivity index (χ3n) is 4.57. The lowest BCUT2D eigenvalue weighted by Crippen LogP contribution is -2.42. The van der Waals surface area contributed by atoms with E-state index in [1.807, 2.05) is 18.2 Å². The molecular weight excluding hydrogens is 332 g/mol. The molecule has 2 heterocycles. The molecule has 6 heteroatoms. The second kappa shape index (κ2) is 7.50. The van der Waals surface area contributed by atoms with Crippen molar-refractivity contribution >= 4 is 17.6 Å². The minimum Gasteiger partial charge on any atom is -0.419 e. The molecule has 26 heavy (non-hydrogen) atoms. The Hall–Kier alpha value is -2.34. The highest BCUT2D eigenvalue weighted by Gasteiger charge is 2.38. The van der Waals surface area contributed by atoms with Gasteiger partial charge in [0.05, 0.1) is 0 Å². The standard InChI is InChI=1S/C20H26N2O4/c1-14-6-5-9-22(12-14)13-15-7-4-8-16(10-15)21-11-17-18(23)25-20(2,3)26-19(17)24/h4,7-8,10-11,14,21H,5-6,9,12-13H2,1-3H3. The third-order valence-corrected chi connectivity index (χ3v) is 4.57. The lowest BCUT2D eigenvalue weighted by molar-refractivity contribution is -0.222. The molecule has 0 amide bonds. The number of anilines is 1. The van der Waals surface area contributed by atoms with E-state index in [1.54, 1.807) is 0 Å². The second-order valence-corrected chi connectivity index (χ2v) is 7.56. The first-order chi connectivity index (χ1) is 12.3. The number of cyclic esters (lactones) is 2. The summed E-state index contributed by atoms with van der Waals surface area (Å²) in [6.07, 6.45) is 3.89. The van der Waals surface area contributed by atoms with Crippen LogP contribution in [-0.4, -0.2) is 35.7 Å². The molecule has 1 aromatic carbocycles. The number of nitrogens with one attached hydrogen (secondary N) is 1. The molecule has 2 fully saturated rings. The van der Waals surface area contributed by atoms with Crippen LogP contribution in [0.3, 0.4) is 0 Å². The summed E-state index contributed by atoms with van der Waals surface area (Å²) in [5, 5.41) is 3.01. The fourth-order valence-corrected chi connectivity index (χ4v) is 3.38. The summed E-state index contributed by atoms with van der Waals surface area (Å²) in [6, 6.07) is 7.97. The molecule has 2 aliphatic rings. The number of hydrogen-bond acceptors (Lipinski definition) is 6. The van der Waals surface area contributed by atoms with Crippen molar-refractivity contribution in [2.75, 3.05) is 18.4 Å². The van der Waals surface area contributed by atoms with Gasteiger partial charge in [-0.3, -0.25) is 4.90 Å². The first-order valence-corrected chi connectivity index (χ1v) is 9.07. The fraction of sp³-hybridized carbons (Fsp3) is 0.500. The number of nitrogens with zero attached hydrogens (tertiary/aromatic N) is 1. The Labute approximate surface area is 154 Å². The summed E-state index contributed by atoms with van der Waals surface area (Å²) in [4.78, 5) is 26.4. The Kier molecular flexibility index (Phi) is 5.32. The van der Waals surface area contributed by atoms with E-state index in [4.69, 9.17) is 9.47 Å². The lowest BCUT2D eigenvalue weighted by atomic mass is 10.00. The van der Waals surface area contributed by atoms with Crippen LogP contribution in [0.25, 0.3) is 0 Å². The van der Waals surface area contributed by atoms with Crippen molar-refractivity contribution in [2.45, 2.75) is 45.9 Å². The summed E-state index contributed by atoms with van der Waals surface area (Å²) in [5.41, 5.74) is 1.86. The predicted octanol–water partition coefficient (Wildman–Crippen LogP) is 3.05. The molecule has 0 bridgehead atoms.